The molecule has 0 fully saturated rings. The van der Waals surface area contributed by atoms with Crippen LogP contribution in [0.15, 0.2) is 42.2 Å². The molecule has 0 unspecified atom stereocenters. The summed E-state index contributed by atoms with van der Waals surface area (Å²) < 4.78 is 5.12. The fraction of sp³-hybridized carbons (Fsp3) is 0.375. The number of halogens is 1. The molecule has 1 aromatic rings. The Balaban J connectivity index is 2.22. The number of nitrogens with two attached hydrogens (primary N) is 1. The van der Waals surface area contributed by atoms with Crippen LogP contribution in [0.2, 0.25) is 0 Å². The molecule has 1 heterocycles. The molecule has 1 aliphatic heterocycles. The van der Waals surface area contributed by atoms with Crippen LogP contribution in [-0.2, 0) is 24.2 Å². The minimum atomic E-state index is 0.418. The highest BCUT2D eigenvalue weighted by atomic mass is 35.5. The zero-order valence-corrected chi connectivity index (χ0v) is 13.1. The Morgan fingerprint density at radius 3 is 3.00 bits per heavy atom. The molecule has 0 amide bonds. The summed E-state index contributed by atoms with van der Waals surface area (Å²) in [7, 11) is 1.64. The highest BCUT2D eigenvalue weighted by Crippen LogP contribution is 2.24. The van der Waals surface area contributed by atoms with Gasteiger partial charge in [-0.1, -0.05) is 24.8 Å². The quantitative estimate of drug-likeness (QED) is 0.625. The second kappa shape index (κ2) is 7.50. The van der Waals surface area contributed by atoms with E-state index in [9.17, 15) is 0 Å². The van der Waals surface area contributed by atoms with Crippen molar-refractivity contribution >= 4 is 11.8 Å². The van der Waals surface area contributed by atoms with E-state index in [0.29, 0.717) is 13.2 Å². The van der Waals surface area contributed by atoms with Crippen LogP contribution in [-0.4, -0.2) is 25.2 Å². The zero-order chi connectivity index (χ0) is 15.2. The summed E-state index contributed by atoms with van der Waals surface area (Å²) in [6.07, 6.45) is 2.81. The Morgan fingerprint density at radius 1 is 1.52 bits per heavy atom. The number of fused-ring (bicyclic) bond motifs is 1. The Labute approximate surface area is 131 Å². The number of methoxy groups -OCH3 is 1. The molecular formula is C16H22ClN3O. The van der Waals surface area contributed by atoms with Crippen LogP contribution in [0.3, 0.4) is 0 Å². The van der Waals surface area contributed by atoms with E-state index in [2.05, 4.69) is 34.5 Å². The van der Waals surface area contributed by atoms with Gasteiger partial charge in [0, 0.05) is 26.7 Å². The second-order valence-corrected chi connectivity index (χ2v) is 5.40. The molecule has 0 atom stereocenters. The lowest BCUT2D eigenvalue weighted by Gasteiger charge is -2.32. The van der Waals surface area contributed by atoms with E-state index in [-0.39, 0.29) is 0 Å². The van der Waals surface area contributed by atoms with Gasteiger partial charge < -0.3 is 15.4 Å². The largest absolute Gasteiger partial charge is 0.398 e. The number of nitrogens with one attached hydrogen (secondary N) is 1. The average Bonchev–Trinajstić information content (AvgIpc) is 2.48. The molecule has 114 valence electrons. The summed E-state index contributed by atoms with van der Waals surface area (Å²) >= 11 is 5.59. The van der Waals surface area contributed by atoms with Gasteiger partial charge in [-0.2, -0.15) is 0 Å². The molecule has 1 aromatic carbocycles. The Hall–Kier alpha value is -1.49. The summed E-state index contributed by atoms with van der Waals surface area (Å²) in [5.74, 6) is 0. The van der Waals surface area contributed by atoms with Gasteiger partial charge in [-0.3, -0.25) is 0 Å². The third-order valence-electron chi connectivity index (χ3n) is 3.72. The number of hydrogen-bond acceptors (Lipinski definition) is 4. The van der Waals surface area contributed by atoms with Gasteiger partial charge in [-0.15, -0.1) is 0 Å². The first-order valence-corrected chi connectivity index (χ1v) is 7.36. The molecule has 5 heteroatoms. The van der Waals surface area contributed by atoms with Crippen molar-refractivity contribution in [3.63, 3.8) is 0 Å². The molecule has 0 aromatic heterocycles. The minimum Gasteiger partial charge on any atom is -0.398 e. The van der Waals surface area contributed by atoms with E-state index < -0.39 is 0 Å². The monoisotopic (exact) mass is 307 g/mol. The van der Waals surface area contributed by atoms with Gasteiger partial charge in [-0.25, -0.2) is 4.84 Å². The van der Waals surface area contributed by atoms with E-state index in [0.717, 1.165) is 30.9 Å². The van der Waals surface area contributed by atoms with Crippen molar-refractivity contribution < 1.29 is 4.74 Å². The smallest absolute Gasteiger partial charge is 0.0877 e. The maximum absolute atomic E-state index is 6.08. The van der Waals surface area contributed by atoms with Gasteiger partial charge in [0.15, 0.2) is 0 Å². The van der Waals surface area contributed by atoms with Crippen LogP contribution >= 0.6 is 11.8 Å². The van der Waals surface area contributed by atoms with E-state index in [1.54, 1.807) is 7.11 Å². The number of nitrogens with zero attached hydrogens (tertiary/aromatic N) is 1. The van der Waals surface area contributed by atoms with Gasteiger partial charge in [0.1, 0.15) is 0 Å². The molecule has 0 aliphatic carbocycles. The molecule has 0 spiro atoms. The first kappa shape index (κ1) is 15.9. The van der Waals surface area contributed by atoms with Crippen molar-refractivity contribution in [1.29, 1.82) is 0 Å². The molecule has 0 saturated carbocycles. The summed E-state index contributed by atoms with van der Waals surface area (Å²) in [5, 5.41) is 0. The molecule has 21 heavy (non-hydrogen) atoms. The number of hydrogen-bond donors (Lipinski definition) is 2. The van der Waals surface area contributed by atoms with Gasteiger partial charge >= 0.3 is 0 Å². The molecule has 3 N–H and O–H groups in total. The molecule has 0 radical (unpaired) electrons. The van der Waals surface area contributed by atoms with Crippen molar-refractivity contribution in [1.82, 2.24) is 9.74 Å². The molecule has 4 nitrogen and oxygen atoms in total. The molecule has 1 aliphatic rings. The molecule has 0 saturated heterocycles. The Morgan fingerprint density at radius 2 is 2.33 bits per heavy atom. The van der Waals surface area contributed by atoms with Gasteiger partial charge in [0.05, 0.1) is 18.0 Å². The first-order valence-electron chi connectivity index (χ1n) is 6.98. The molecular weight excluding hydrogens is 286 g/mol. The highest BCUT2D eigenvalue weighted by molar-refractivity contribution is 6.13. The summed E-state index contributed by atoms with van der Waals surface area (Å²) in [6, 6.07) is 6.50. The van der Waals surface area contributed by atoms with Crippen LogP contribution in [0.1, 0.15) is 16.7 Å². The summed E-state index contributed by atoms with van der Waals surface area (Å²) in [5.41, 5.74) is 11.6. The predicted molar refractivity (Wildman–Crippen MR) is 86.5 cm³/mol. The third kappa shape index (κ3) is 3.79. The SMILES string of the molecule is C=C/C(=C(/N)COC)N1CCc2ccc(CNCl)cc2C1. The van der Waals surface area contributed by atoms with Crippen molar-refractivity contribution in [3.05, 3.63) is 58.9 Å². The number of allylic oxidation sites excluding steroid dienone is 1. The number of rotatable bonds is 6. The topological polar surface area (TPSA) is 50.5 Å². The van der Waals surface area contributed by atoms with Gasteiger partial charge in [0.25, 0.3) is 0 Å². The lowest BCUT2D eigenvalue weighted by molar-refractivity contribution is 0.219. The third-order valence-corrected chi connectivity index (χ3v) is 3.85. The predicted octanol–water partition coefficient (Wildman–Crippen LogP) is 2.29. The number of ether oxygens (including phenoxy) is 1. The van der Waals surface area contributed by atoms with Crippen LogP contribution in [0.4, 0.5) is 0 Å². The summed E-state index contributed by atoms with van der Waals surface area (Å²) in [4.78, 5) is 4.92. The highest BCUT2D eigenvalue weighted by Gasteiger charge is 2.19. The fourth-order valence-corrected chi connectivity index (χ4v) is 2.85. The van der Waals surface area contributed by atoms with Crippen molar-refractivity contribution in [2.75, 3.05) is 20.3 Å². The van der Waals surface area contributed by atoms with Crippen molar-refractivity contribution in [3.8, 4) is 0 Å². The fourth-order valence-electron chi connectivity index (χ4n) is 2.70. The Bertz CT molecular complexity index is 542. The maximum Gasteiger partial charge on any atom is 0.0877 e. The van der Waals surface area contributed by atoms with E-state index in [4.69, 9.17) is 22.2 Å². The normalized spacial score (nSPS) is 15.4. The van der Waals surface area contributed by atoms with E-state index in [1.165, 1.54) is 16.7 Å². The Kier molecular flexibility index (Phi) is 5.67. The van der Waals surface area contributed by atoms with Crippen molar-refractivity contribution in [2.45, 2.75) is 19.5 Å². The van der Waals surface area contributed by atoms with Gasteiger partial charge in [-0.05, 0) is 41.0 Å². The van der Waals surface area contributed by atoms with Crippen LogP contribution in [0.25, 0.3) is 0 Å². The number of benzene rings is 1. The van der Waals surface area contributed by atoms with Crippen LogP contribution in [0.5, 0.6) is 0 Å². The van der Waals surface area contributed by atoms with Gasteiger partial charge in [0.2, 0.25) is 0 Å². The lowest BCUT2D eigenvalue weighted by Crippen LogP contribution is -2.32. The van der Waals surface area contributed by atoms with Crippen LogP contribution in [0, 0.1) is 0 Å². The average molecular weight is 308 g/mol. The lowest BCUT2D eigenvalue weighted by atomic mass is 9.97. The molecule has 0 bridgehead atoms. The summed E-state index contributed by atoms with van der Waals surface area (Å²) in [6.45, 7) is 6.72. The maximum atomic E-state index is 6.08. The van der Waals surface area contributed by atoms with E-state index >= 15 is 0 Å². The van der Waals surface area contributed by atoms with E-state index in [1.807, 2.05) is 6.08 Å². The minimum absolute atomic E-state index is 0.418. The standard InChI is InChI=1S/C16H22ClN3O/c1-3-16(15(18)11-21-2)20-7-6-13-5-4-12(9-19-17)8-14(13)10-20/h3-5,8,19H,1,6-7,9-11,18H2,2H3/b16-15-. The van der Waals surface area contributed by atoms with Crippen molar-refractivity contribution in [2.24, 2.45) is 5.73 Å². The molecule has 2 rings (SSSR count). The first-order chi connectivity index (χ1) is 10.2. The zero-order valence-electron chi connectivity index (χ0n) is 12.4. The second-order valence-electron chi connectivity index (χ2n) is 5.13. The van der Waals surface area contributed by atoms with Crippen LogP contribution < -0.4 is 10.6 Å².